The molecule has 3 rings (SSSR count). The summed E-state index contributed by atoms with van der Waals surface area (Å²) in [6.45, 7) is 5.34. The van der Waals surface area contributed by atoms with Gasteiger partial charge in [-0.2, -0.15) is 0 Å². The van der Waals surface area contributed by atoms with Gasteiger partial charge >= 0.3 is 0 Å². The highest BCUT2D eigenvalue weighted by molar-refractivity contribution is 5.39. The van der Waals surface area contributed by atoms with Crippen LogP contribution in [0.1, 0.15) is 48.6 Å². The Morgan fingerprint density at radius 1 is 1.24 bits per heavy atom. The molecule has 0 saturated heterocycles. The number of hydrogen-bond acceptors (Lipinski definition) is 3. The van der Waals surface area contributed by atoms with Crippen molar-refractivity contribution in [3.05, 3.63) is 59.4 Å². The molecule has 1 aromatic carbocycles. The molecule has 0 saturated carbocycles. The lowest BCUT2D eigenvalue weighted by Gasteiger charge is -2.33. The second-order valence-corrected chi connectivity index (χ2v) is 5.62. The van der Waals surface area contributed by atoms with Gasteiger partial charge in [-0.3, -0.25) is 4.98 Å². The molecule has 1 aliphatic heterocycles. The Bertz CT molecular complexity index is 612. The van der Waals surface area contributed by atoms with Crippen molar-refractivity contribution < 1.29 is 4.74 Å². The molecule has 3 heteroatoms. The molecule has 0 radical (unpaired) electrons. The van der Waals surface area contributed by atoms with E-state index in [1.165, 1.54) is 16.7 Å². The zero-order valence-electron chi connectivity index (χ0n) is 12.7. The lowest BCUT2D eigenvalue weighted by atomic mass is 9.92. The van der Waals surface area contributed by atoms with Crippen LogP contribution >= 0.6 is 0 Å². The number of benzene rings is 1. The van der Waals surface area contributed by atoms with Gasteiger partial charge in [-0.15, -0.1) is 0 Å². The third-order valence-electron chi connectivity index (χ3n) is 4.08. The van der Waals surface area contributed by atoms with E-state index in [1.807, 2.05) is 24.5 Å². The molecule has 21 heavy (non-hydrogen) atoms. The maximum Gasteiger partial charge on any atom is 0.127 e. The monoisotopic (exact) mass is 282 g/mol. The van der Waals surface area contributed by atoms with E-state index in [0.717, 1.165) is 25.1 Å². The third-order valence-corrected chi connectivity index (χ3v) is 4.08. The molecule has 0 spiro atoms. The summed E-state index contributed by atoms with van der Waals surface area (Å²) in [6, 6.07) is 10.7. The SMILES string of the molecule is CCCNC1CC(c2cnccc2C)Oc2ccccc21. The van der Waals surface area contributed by atoms with E-state index < -0.39 is 0 Å². The van der Waals surface area contributed by atoms with Gasteiger partial charge in [-0.25, -0.2) is 0 Å². The Morgan fingerprint density at radius 2 is 2.10 bits per heavy atom. The maximum absolute atomic E-state index is 6.23. The van der Waals surface area contributed by atoms with Gasteiger partial charge in [0.15, 0.2) is 0 Å². The van der Waals surface area contributed by atoms with Crippen LogP contribution in [0.2, 0.25) is 0 Å². The van der Waals surface area contributed by atoms with Crippen molar-refractivity contribution in [2.24, 2.45) is 0 Å². The van der Waals surface area contributed by atoms with Crippen LogP contribution in [0.4, 0.5) is 0 Å². The Hall–Kier alpha value is -1.87. The van der Waals surface area contributed by atoms with E-state index in [0.29, 0.717) is 6.04 Å². The summed E-state index contributed by atoms with van der Waals surface area (Å²) in [5.41, 5.74) is 3.70. The van der Waals surface area contributed by atoms with Gasteiger partial charge in [0.25, 0.3) is 0 Å². The first-order valence-electron chi connectivity index (χ1n) is 7.69. The molecule has 3 nitrogen and oxygen atoms in total. The van der Waals surface area contributed by atoms with Crippen molar-refractivity contribution in [1.29, 1.82) is 0 Å². The van der Waals surface area contributed by atoms with E-state index in [9.17, 15) is 0 Å². The molecule has 0 aliphatic carbocycles. The van der Waals surface area contributed by atoms with Crippen LogP contribution in [-0.2, 0) is 0 Å². The molecule has 2 atom stereocenters. The largest absolute Gasteiger partial charge is 0.485 e. The molecule has 1 N–H and O–H groups in total. The predicted octanol–water partition coefficient (Wildman–Crippen LogP) is 3.95. The zero-order valence-corrected chi connectivity index (χ0v) is 12.7. The predicted molar refractivity (Wildman–Crippen MR) is 84.4 cm³/mol. The Labute approximate surface area is 126 Å². The first-order chi connectivity index (χ1) is 10.3. The summed E-state index contributed by atoms with van der Waals surface area (Å²) in [4.78, 5) is 4.26. The fourth-order valence-electron chi connectivity index (χ4n) is 2.93. The topological polar surface area (TPSA) is 34.2 Å². The van der Waals surface area contributed by atoms with Gasteiger partial charge in [-0.1, -0.05) is 25.1 Å². The molecule has 0 amide bonds. The standard InChI is InChI=1S/C18H22N2O/c1-3-9-20-16-11-18(15-12-19-10-8-13(15)2)21-17-7-5-4-6-14(16)17/h4-8,10,12,16,18,20H,3,9,11H2,1-2H3. The number of nitrogens with one attached hydrogen (secondary N) is 1. The average Bonchev–Trinajstić information content (AvgIpc) is 2.53. The lowest BCUT2D eigenvalue weighted by Crippen LogP contribution is -2.29. The molecular weight excluding hydrogens is 260 g/mol. The number of aromatic nitrogens is 1. The second-order valence-electron chi connectivity index (χ2n) is 5.62. The van der Waals surface area contributed by atoms with Crippen LogP contribution in [0.15, 0.2) is 42.7 Å². The summed E-state index contributed by atoms with van der Waals surface area (Å²) in [5, 5.41) is 3.65. The van der Waals surface area contributed by atoms with Gasteiger partial charge in [0.2, 0.25) is 0 Å². The Kier molecular flexibility index (Phi) is 4.20. The minimum Gasteiger partial charge on any atom is -0.485 e. The van der Waals surface area contributed by atoms with E-state index in [4.69, 9.17) is 4.74 Å². The molecular formula is C18H22N2O. The number of aryl methyl sites for hydroxylation is 1. The van der Waals surface area contributed by atoms with E-state index in [1.54, 1.807) is 0 Å². The van der Waals surface area contributed by atoms with Crippen LogP contribution in [0, 0.1) is 6.92 Å². The van der Waals surface area contributed by atoms with Crippen molar-refractivity contribution >= 4 is 0 Å². The average molecular weight is 282 g/mol. The Balaban J connectivity index is 1.91. The second kappa shape index (κ2) is 6.27. The number of nitrogens with zero attached hydrogens (tertiary/aromatic N) is 1. The first-order valence-corrected chi connectivity index (χ1v) is 7.69. The van der Waals surface area contributed by atoms with Crippen LogP contribution < -0.4 is 10.1 Å². The smallest absolute Gasteiger partial charge is 0.127 e. The number of para-hydroxylation sites is 1. The quantitative estimate of drug-likeness (QED) is 0.922. The number of hydrogen-bond donors (Lipinski definition) is 1. The molecule has 0 fully saturated rings. The van der Waals surface area contributed by atoms with Crippen molar-refractivity contribution in [3.63, 3.8) is 0 Å². The van der Waals surface area contributed by atoms with E-state index in [2.05, 4.69) is 42.3 Å². The summed E-state index contributed by atoms with van der Waals surface area (Å²) >= 11 is 0. The number of pyridine rings is 1. The van der Waals surface area contributed by atoms with Crippen LogP contribution in [0.3, 0.4) is 0 Å². The number of rotatable bonds is 4. The highest BCUT2D eigenvalue weighted by atomic mass is 16.5. The molecule has 2 aromatic rings. The van der Waals surface area contributed by atoms with Crippen LogP contribution in [0.5, 0.6) is 5.75 Å². The highest BCUT2D eigenvalue weighted by Crippen LogP contribution is 2.41. The van der Waals surface area contributed by atoms with Crippen LogP contribution in [0.25, 0.3) is 0 Å². The van der Waals surface area contributed by atoms with Crippen molar-refractivity contribution in [2.75, 3.05) is 6.54 Å². The van der Waals surface area contributed by atoms with Crippen LogP contribution in [-0.4, -0.2) is 11.5 Å². The third kappa shape index (κ3) is 2.93. The summed E-state index contributed by atoms with van der Waals surface area (Å²) in [5.74, 6) is 0.991. The minimum absolute atomic E-state index is 0.0722. The van der Waals surface area contributed by atoms with Gasteiger partial charge in [0, 0.05) is 36.0 Å². The van der Waals surface area contributed by atoms with Crippen molar-refractivity contribution in [2.45, 2.75) is 38.8 Å². The van der Waals surface area contributed by atoms with Gasteiger partial charge in [-0.05, 0) is 37.6 Å². The molecule has 1 aliphatic rings. The van der Waals surface area contributed by atoms with Gasteiger partial charge in [0.1, 0.15) is 11.9 Å². The molecule has 1 aromatic heterocycles. The first kappa shape index (κ1) is 14.1. The number of fused-ring (bicyclic) bond motifs is 1. The molecule has 2 unspecified atom stereocenters. The normalized spacial score (nSPS) is 20.7. The minimum atomic E-state index is 0.0722. The fraction of sp³-hybridized carbons (Fsp3) is 0.389. The van der Waals surface area contributed by atoms with Crippen molar-refractivity contribution in [3.8, 4) is 5.75 Å². The fourth-order valence-corrected chi connectivity index (χ4v) is 2.93. The van der Waals surface area contributed by atoms with E-state index >= 15 is 0 Å². The number of ether oxygens (including phenoxy) is 1. The summed E-state index contributed by atoms with van der Waals surface area (Å²) in [6.07, 6.45) is 5.93. The van der Waals surface area contributed by atoms with Gasteiger partial charge in [0.05, 0.1) is 0 Å². The van der Waals surface area contributed by atoms with Crippen molar-refractivity contribution in [1.82, 2.24) is 10.3 Å². The molecule has 110 valence electrons. The highest BCUT2D eigenvalue weighted by Gasteiger charge is 2.29. The molecule has 0 bridgehead atoms. The molecule has 2 heterocycles. The van der Waals surface area contributed by atoms with E-state index in [-0.39, 0.29) is 6.10 Å². The van der Waals surface area contributed by atoms with Gasteiger partial charge < -0.3 is 10.1 Å². The summed E-state index contributed by atoms with van der Waals surface area (Å²) in [7, 11) is 0. The summed E-state index contributed by atoms with van der Waals surface area (Å²) < 4.78 is 6.23. The Morgan fingerprint density at radius 3 is 2.90 bits per heavy atom. The zero-order chi connectivity index (χ0) is 14.7. The maximum atomic E-state index is 6.23. The lowest BCUT2D eigenvalue weighted by molar-refractivity contribution is 0.150.